The third-order valence-electron chi connectivity index (χ3n) is 7.05. The minimum Gasteiger partial charge on any atom is -0.381 e. The maximum absolute atomic E-state index is 14.3. The second-order valence-corrected chi connectivity index (χ2v) is 12.0. The van der Waals surface area contributed by atoms with Crippen LogP contribution in [-0.2, 0) is 19.3 Å². The molecule has 0 N–H and O–H groups in total. The fourth-order valence-corrected chi connectivity index (χ4v) is 5.94. The van der Waals surface area contributed by atoms with E-state index in [-0.39, 0.29) is 34.6 Å². The number of fused-ring (bicyclic) bond motifs is 2. The van der Waals surface area contributed by atoms with E-state index in [2.05, 4.69) is 27.0 Å². The van der Waals surface area contributed by atoms with E-state index in [1.165, 1.54) is 12.1 Å². The van der Waals surface area contributed by atoms with Gasteiger partial charge in [0.1, 0.15) is 16.8 Å². The molecule has 10 nitrogen and oxygen atoms in total. The number of hydrogen-bond donors (Lipinski definition) is 0. The van der Waals surface area contributed by atoms with Crippen LogP contribution < -0.4 is 0 Å². The number of aromatic nitrogens is 2. The molecule has 2 bridgehead atoms. The lowest BCUT2D eigenvalue weighted by molar-refractivity contribution is -0.163. The molecule has 0 aliphatic carbocycles. The number of hydrogen-bond acceptors (Lipinski definition) is 10. The summed E-state index contributed by atoms with van der Waals surface area (Å²) in [6, 6.07) is 3.75. The summed E-state index contributed by atoms with van der Waals surface area (Å²) in [4.78, 5) is 15.6. The van der Waals surface area contributed by atoms with Gasteiger partial charge in [0, 0.05) is 48.9 Å². The van der Waals surface area contributed by atoms with E-state index in [9.17, 15) is 12.8 Å². The maximum Gasteiger partial charge on any atom is 0.255 e. The van der Waals surface area contributed by atoms with Crippen LogP contribution in [0.1, 0.15) is 38.7 Å². The molecular formula is C25H32FN5O5S. The van der Waals surface area contributed by atoms with Gasteiger partial charge >= 0.3 is 0 Å². The summed E-state index contributed by atoms with van der Waals surface area (Å²) in [6.45, 7) is 7.45. The zero-order chi connectivity index (χ0) is 26.2. The van der Waals surface area contributed by atoms with Gasteiger partial charge in [-0.2, -0.15) is 4.98 Å². The van der Waals surface area contributed by atoms with Crippen molar-refractivity contribution in [1.29, 1.82) is 0 Å². The van der Waals surface area contributed by atoms with Gasteiger partial charge in [-0.1, -0.05) is 18.5 Å². The second kappa shape index (κ2) is 10.6. The van der Waals surface area contributed by atoms with E-state index in [0.717, 1.165) is 50.8 Å². The maximum atomic E-state index is 14.3. The Bertz CT molecular complexity index is 1280. The number of halogens is 1. The Hall–Kier alpha value is -2.70. The van der Waals surface area contributed by atoms with Gasteiger partial charge in [-0.25, -0.2) is 17.8 Å². The van der Waals surface area contributed by atoms with Crippen LogP contribution in [0.4, 0.5) is 4.39 Å². The van der Waals surface area contributed by atoms with Gasteiger partial charge in [-0.05, 0) is 31.5 Å². The topological polar surface area (TPSA) is 119 Å². The fourth-order valence-electron chi connectivity index (χ4n) is 5.21. The van der Waals surface area contributed by atoms with Crippen molar-refractivity contribution in [3.8, 4) is 11.4 Å². The second-order valence-electron chi connectivity index (χ2n) is 10.0. The molecule has 3 aliphatic heterocycles. The van der Waals surface area contributed by atoms with Crippen molar-refractivity contribution in [2.75, 3.05) is 39.1 Å². The lowest BCUT2D eigenvalue weighted by Gasteiger charge is -2.47. The van der Waals surface area contributed by atoms with Crippen molar-refractivity contribution < 1.29 is 26.8 Å². The monoisotopic (exact) mass is 533 g/mol. The number of benzene rings is 1. The Labute approximate surface area is 215 Å². The van der Waals surface area contributed by atoms with Gasteiger partial charge < -0.3 is 18.9 Å². The predicted octanol–water partition coefficient (Wildman–Crippen LogP) is 3.16. The van der Waals surface area contributed by atoms with E-state index in [0.29, 0.717) is 24.7 Å². The number of rotatable bonds is 7. The molecule has 4 atom stereocenters. The summed E-state index contributed by atoms with van der Waals surface area (Å²) >= 11 is 0. The Kier molecular flexibility index (Phi) is 7.42. The summed E-state index contributed by atoms with van der Waals surface area (Å²) in [6.07, 6.45) is 4.68. The van der Waals surface area contributed by atoms with Crippen LogP contribution in [0.25, 0.3) is 11.4 Å². The number of guanidine groups is 1. The lowest BCUT2D eigenvalue weighted by atomic mass is 9.84. The van der Waals surface area contributed by atoms with Gasteiger partial charge in [0.25, 0.3) is 5.89 Å². The SMILES string of the molecule is CCCC1C=NC(N2CC3COCC(C2)C3O[C@H](C)c2nc(-c3ccc(S(C)(=O)=O)c(F)c3)no2)=NC1. The first kappa shape index (κ1) is 25.9. The Morgan fingerprint density at radius 3 is 2.62 bits per heavy atom. The highest BCUT2D eigenvalue weighted by atomic mass is 32.2. The summed E-state index contributed by atoms with van der Waals surface area (Å²) in [5.41, 5.74) is 0.320. The fraction of sp³-hybridized carbons (Fsp3) is 0.600. The number of aliphatic imine (C=N–C) groups is 2. The van der Waals surface area contributed by atoms with E-state index in [1.54, 1.807) is 0 Å². The zero-order valence-corrected chi connectivity index (χ0v) is 22.0. The molecule has 0 saturated carbocycles. The number of sulfone groups is 1. The molecule has 2 aromatic rings. The van der Waals surface area contributed by atoms with Crippen LogP contribution >= 0.6 is 0 Å². The van der Waals surface area contributed by atoms with Crippen molar-refractivity contribution in [2.45, 2.75) is 43.8 Å². The van der Waals surface area contributed by atoms with E-state index in [1.807, 2.05) is 13.1 Å². The average Bonchev–Trinajstić information content (AvgIpc) is 3.34. The molecule has 0 amide bonds. The standard InChI is InChI=1S/C25H32FN5O5S/c1-4-5-16-9-27-25(28-10-16)31-11-18-13-34-14-19(12-31)22(18)35-15(2)24-29-23(30-36-24)17-6-7-21(20(26)8-17)37(3,32)33/h6-9,15-16,18-19,22H,4-5,10-14H2,1-3H3/t15-,16?,18?,19?,22?/m1/s1. The average molecular weight is 534 g/mol. The first-order chi connectivity index (χ1) is 17.7. The molecule has 3 unspecified atom stereocenters. The molecule has 2 fully saturated rings. The third kappa shape index (κ3) is 5.60. The minimum absolute atomic E-state index is 0.0529. The van der Waals surface area contributed by atoms with Gasteiger partial charge in [-0.15, -0.1) is 0 Å². The third-order valence-corrected chi connectivity index (χ3v) is 8.18. The van der Waals surface area contributed by atoms with Crippen molar-refractivity contribution >= 4 is 22.0 Å². The van der Waals surface area contributed by atoms with Crippen LogP contribution in [0, 0.1) is 23.6 Å². The van der Waals surface area contributed by atoms with Gasteiger partial charge in [0.05, 0.1) is 25.9 Å². The van der Waals surface area contributed by atoms with Crippen LogP contribution in [0.2, 0.25) is 0 Å². The molecule has 37 heavy (non-hydrogen) atoms. The number of piperidine rings is 1. The highest BCUT2D eigenvalue weighted by Crippen LogP contribution is 2.34. The van der Waals surface area contributed by atoms with Crippen LogP contribution in [0.3, 0.4) is 0 Å². The Balaban J connectivity index is 1.24. The summed E-state index contributed by atoms with van der Waals surface area (Å²) in [5.74, 6) is 1.08. The number of ether oxygens (including phenoxy) is 2. The normalized spacial score (nSPS) is 26.7. The van der Waals surface area contributed by atoms with E-state index >= 15 is 0 Å². The molecule has 200 valence electrons. The molecule has 1 aromatic heterocycles. The van der Waals surface area contributed by atoms with Gasteiger partial charge in [-0.3, -0.25) is 4.99 Å². The lowest BCUT2D eigenvalue weighted by Crippen LogP contribution is -2.57. The van der Waals surface area contributed by atoms with Crippen molar-refractivity contribution in [1.82, 2.24) is 15.0 Å². The Morgan fingerprint density at radius 1 is 1.24 bits per heavy atom. The summed E-state index contributed by atoms with van der Waals surface area (Å²) < 4.78 is 55.4. The first-order valence-electron chi connectivity index (χ1n) is 12.6. The first-order valence-corrected chi connectivity index (χ1v) is 14.5. The van der Waals surface area contributed by atoms with Crippen LogP contribution in [0.5, 0.6) is 0 Å². The molecular weight excluding hydrogens is 501 g/mol. The molecule has 5 rings (SSSR count). The Morgan fingerprint density at radius 2 is 2.00 bits per heavy atom. The van der Waals surface area contributed by atoms with Crippen molar-refractivity contribution in [3.05, 3.63) is 29.9 Å². The van der Waals surface area contributed by atoms with Crippen LogP contribution in [0.15, 0.2) is 37.6 Å². The predicted molar refractivity (Wildman–Crippen MR) is 135 cm³/mol. The number of nitrogens with zero attached hydrogens (tertiary/aromatic N) is 5. The quantitative estimate of drug-likeness (QED) is 0.532. The molecule has 2 saturated heterocycles. The molecule has 1 aromatic carbocycles. The van der Waals surface area contributed by atoms with Crippen molar-refractivity contribution in [2.24, 2.45) is 27.7 Å². The molecule has 12 heteroatoms. The smallest absolute Gasteiger partial charge is 0.255 e. The minimum atomic E-state index is -3.67. The zero-order valence-electron chi connectivity index (χ0n) is 21.2. The van der Waals surface area contributed by atoms with E-state index in [4.69, 9.17) is 19.0 Å². The largest absolute Gasteiger partial charge is 0.381 e. The molecule has 0 spiro atoms. The highest BCUT2D eigenvalue weighted by Gasteiger charge is 2.43. The van der Waals surface area contributed by atoms with E-state index < -0.39 is 21.8 Å². The molecule has 0 radical (unpaired) electrons. The summed E-state index contributed by atoms with van der Waals surface area (Å²) in [5, 5.41) is 3.95. The van der Waals surface area contributed by atoms with Crippen LogP contribution in [-0.4, -0.2) is 80.8 Å². The number of likely N-dealkylation sites (tertiary alicyclic amines) is 1. The molecule has 4 heterocycles. The van der Waals surface area contributed by atoms with Crippen molar-refractivity contribution in [3.63, 3.8) is 0 Å². The molecule has 3 aliphatic rings. The highest BCUT2D eigenvalue weighted by molar-refractivity contribution is 7.90. The summed E-state index contributed by atoms with van der Waals surface area (Å²) in [7, 11) is -3.67. The van der Waals surface area contributed by atoms with Gasteiger partial charge in [0.15, 0.2) is 9.84 Å². The van der Waals surface area contributed by atoms with Gasteiger partial charge in [0.2, 0.25) is 11.8 Å².